The number of anilines is 2. The summed E-state index contributed by atoms with van der Waals surface area (Å²) >= 11 is 6.55. The largest absolute Gasteiger partial charge is 0.497 e. The average molecular weight is 595 g/mol. The van der Waals surface area contributed by atoms with Crippen LogP contribution in [-0.2, 0) is 14.4 Å². The van der Waals surface area contributed by atoms with Gasteiger partial charge in [-0.05, 0) is 30.7 Å². The molecule has 1 aliphatic carbocycles. The number of carbonyl (C=O) groups is 3. The molecular formula is C29H25ClF2N6O4. The van der Waals surface area contributed by atoms with Crippen molar-refractivity contribution in [1.82, 2.24) is 15.3 Å². The number of methoxy groups -OCH3 is 1. The predicted molar refractivity (Wildman–Crippen MR) is 148 cm³/mol. The molecule has 3 aromatic rings. The van der Waals surface area contributed by atoms with Crippen molar-refractivity contribution in [2.24, 2.45) is 0 Å². The second-order valence-electron chi connectivity index (χ2n) is 9.98. The molecule has 2 aromatic carbocycles. The van der Waals surface area contributed by atoms with Gasteiger partial charge in [-0.3, -0.25) is 24.2 Å². The maximum atomic E-state index is 14.6. The number of nitrogens with one attached hydrogen (secondary N) is 1. The van der Waals surface area contributed by atoms with Crippen molar-refractivity contribution in [3.8, 4) is 11.8 Å². The van der Waals surface area contributed by atoms with E-state index >= 15 is 0 Å². The van der Waals surface area contributed by atoms with Crippen molar-refractivity contribution in [1.29, 1.82) is 5.26 Å². The molecule has 1 N–H and O–H groups in total. The van der Waals surface area contributed by atoms with Crippen LogP contribution >= 0.6 is 11.6 Å². The minimum atomic E-state index is -2.89. The van der Waals surface area contributed by atoms with Crippen molar-refractivity contribution in [3.63, 3.8) is 0 Å². The zero-order valence-corrected chi connectivity index (χ0v) is 23.1. The number of benzene rings is 2. The van der Waals surface area contributed by atoms with E-state index in [2.05, 4.69) is 15.3 Å². The summed E-state index contributed by atoms with van der Waals surface area (Å²) < 4.78 is 32.6. The van der Waals surface area contributed by atoms with Crippen LogP contribution in [0.25, 0.3) is 0 Å². The van der Waals surface area contributed by atoms with Gasteiger partial charge in [0.2, 0.25) is 17.8 Å². The second kappa shape index (κ2) is 11.7. The summed E-state index contributed by atoms with van der Waals surface area (Å²) in [7, 11) is 1.44. The molecule has 2 aliphatic rings. The SMILES string of the molecule is COc1cccc(N(C(=O)C2CCC(=O)N2c2nccc(C#N)n2)[C@H](C(=O)NC2CC(F)(F)C2)c2ccccc2Cl)c1. The van der Waals surface area contributed by atoms with Crippen molar-refractivity contribution in [3.05, 3.63) is 77.1 Å². The molecule has 2 fully saturated rings. The highest BCUT2D eigenvalue weighted by atomic mass is 35.5. The van der Waals surface area contributed by atoms with Gasteiger partial charge in [0.1, 0.15) is 29.6 Å². The van der Waals surface area contributed by atoms with Crippen LogP contribution in [0.3, 0.4) is 0 Å². The predicted octanol–water partition coefficient (Wildman–Crippen LogP) is 4.19. The van der Waals surface area contributed by atoms with Crippen LogP contribution < -0.4 is 19.9 Å². The van der Waals surface area contributed by atoms with Crippen molar-refractivity contribution in [2.45, 2.75) is 49.7 Å². The molecule has 42 heavy (non-hydrogen) atoms. The summed E-state index contributed by atoms with van der Waals surface area (Å²) in [4.78, 5) is 52.0. The third kappa shape index (κ3) is 5.73. The van der Waals surface area contributed by atoms with E-state index in [4.69, 9.17) is 16.3 Å². The van der Waals surface area contributed by atoms with Gasteiger partial charge in [0.25, 0.3) is 11.8 Å². The van der Waals surface area contributed by atoms with Gasteiger partial charge in [0, 0.05) is 53.8 Å². The molecule has 1 saturated heterocycles. The lowest BCUT2D eigenvalue weighted by molar-refractivity contribution is -0.133. The van der Waals surface area contributed by atoms with E-state index in [9.17, 15) is 28.4 Å². The van der Waals surface area contributed by atoms with E-state index in [-0.39, 0.29) is 40.8 Å². The van der Waals surface area contributed by atoms with Crippen LogP contribution in [-0.4, -0.2) is 52.8 Å². The number of nitrogens with zero attached hydrogens (tertiary/aromatic N) is 5. The summed E-state index contributed by atoms with van der Waals surface area (Å²) in [6, 6.07) is 12.7. The van der Waals surface area contributed by atoms with Crippen LogP contribution in [0.4, 0.5) is 20.4 Å². The quantitative estimate of drug-likeness (QED) is 0.414. The molecule has 1 saturated carbocycles. The minimum Gasteiger partial charge on any atom is -0.497 e. The normalized spacial score (nSPS) is 18.5. The molecule has 13 heteroatoms. The Bertz CT molecular complexity index is 1570. The Hall–Kier alpha value is -4.63. The highest BCUT2D eigenvalue weighted by molar-refractivity contribution is 6.31. The molecule has 0 spiro atoms. The van der Waals surface area contributed by atoms with Gasteiger partial charge in [-0.2, -0.15) is 5.26 Å². The van der Waals surface area contributed by atoms with Crippen molar-refractivity contribution in [2.75, 3.05) is 16.9 Å². The van der Waals surface area contributed by atoms with E-state index in [1.165, 1.54) is 24.3 Å². The lowest BCUT2D eigenvalue weighted by atomic mass is 9.87. The number of nitriles is 1. The van der Waals surface area contributed by atoms with Gasteiger partial charge in [0.15, 0.2) is 0 Å². The first-order valence-electron chi connectivity index (χ1n) is 13.1. The molecule has 216 valence electrons. The molecule has 10 nitrogen and oxygen atoms in total. The summed E-state index contributed by atoms with van der Waals surface area (Å²) in [6.45, 7) is 0. The monoisotopic (exact) mass is 594 g/mol. The number of aromatic nitrogens is 2. The van der Waals surface area contributed by atoms with Gasteiger partial charge in [-0.1, -0.05) is 35.9 Å². The fourth-order valence-corrected chi connectivity index (χ4v) is 5.40. The van der Waals surface area contributed by atoms with Gasteiger partial charge >= 0.3 is 0 Å². The number of hydrogen-bond donors (Lipinski definition) is 1. The van der Waals surface area contributed by atoms with Crippen LogP contribution in [0.5, 0.6) is 5.75 Å². The number of halogens is 3. The third-order valence-corrected chi connectivity index (χ3v) is 7.53. The summed E-state index contributed by atoms with van der Waals surface area (Å²) in [5, 5.41) is 12.1. The van der Waals surface area contributed by atoms with E-state index in [1.807, 2.05) is 6.07 Å². The Labute approximate surface area is 244 Å². The molecule has 2 heterocycles. The molecule has 5 rings (SSSR count). The number of hydrogen-bond acceptors (Lipinski definition) is 7. The molecule has 3 amide bonds. The number of alkyl halides is 2. The Morgan fingerprint density at radius 1 is 1.21 bits per heavy atom. The number of ether oxygens (including phenoxy) is 1. The third-order valence-electron chi connectivity index (χ3n) is 7.18. The number of carbonyl (C=O) groups excluding carboxylic acids is 3. The summed E-state index contributed by atoms with van der Waals surface area (Å²) in [5.74, 6) is -4.47. The standard InChI is InChI=1S/C29H25ClF2N6O4/c1-42-20-6-4-5-19(13-20)37(27(41)23-9-10-24(39)38(23)28-34-12-11-17(16-33)36-28)25(21-7-2-3-8-22(21)30)26(40)35-18-14-29(31,32)15-18/h2-8,11-13,18,23,25H,9-10,14-15H2,1H3,(H,35,40)/t23?,25-/m0/s1. The van der Waals surface area contributed by atoms with E-state index in [0.717, 1.165) is 4.90 Å². The molecule has 0 radical (unpaired) electrons. The first kappa shape index (κ1) is 28.9. The molecule has 1 aromatic heterocycles. The zero-order valence-electron chi connectivity index (χ0n) is 22.3. The lowest BCUT2D eigenvalue weighted by Gasteiger charge is -2.39. The first-order chi connectivity index (χ1) is 20.1. The Balaban J connectivity index is 1.62. The fourth-order valence-electron chi connectivity index (χ4n) is 5.16. The van der Waals surface area contributed by atoms with Gasteiger partial charge in [-0.15, -0.1) is 0 Å². The minimum absolute atomic E-state index is 0.00109. The molecular weight excluding hydrogens is 570 g/mol. The fraction of sp³-hybridized carbons (Fsp3) is 0.310. The topological polar surface area (TPSA) is 129 Å². The maximum Gasteiger partial charge on any atom is 0.252 e. The zero-order chi connectivity index (χ0) is 30.0. The number of amides is 3. The maximum absolute atomic E-state index is 14.6. The molecule has 1 aliphatic heterocycles. The molecule has 0 bridgehead atoms. The van der Waals surface area contributed by atoms with Gasteiger partial charge in [-0.25, -0.2) is 18.7 Å². The Morgan fingerprint density at radius 3 is 2.67 bits per heavy atom. The Kier molecular flexibility index (Phi) is 8.04. The van der Waals surface area contributed by atoms with E-state index in [0.29, 0.717) is 5.75 Å². The van der Waals surface area contributed by atoms with Gasteiger partial charge < -0.3 is 10.1 Å². The second-order valence-corrected chi connectivity index (χ2v) is 10.4. The van der Waals surface area contributed by atoms with E-state index in [1.54, 1.807) is 48.5 Å². The van der Waals surface area contributed by atoms with Crippen LogP contribution in [0.15, 0.2) is 60.8 Å². The highest BCUT2D eigenvalue weighted by Crippen LogP contribution is 2.40. The van der Waals surface area contributed by atoms with Crippen molar-refractivity contribution < 1.29 is 27.9 Å². The average Bonchev–Trinajstić information content (AvgIpc) is 3.36. The Morgan fingerprint density at radius 2 is 1.98 bits per heavy atom. The van der Waals surface area contributed by atoms with Crippen molar-refractivity contribution >= 4 is 41.0 Å². The van der Waals surface area contributed by atoms with Crippen LogP contribution in [0, 0.1) is 11.3 Å². The number of rotatable bonds is 8. The van der Waals surface area contributed by atoms with Crippen LogP contribution in [0.2, 0.25) is 5.02 Å². The van der Waals surface area contributed by atoms with Gasteiger partial charge in [0.05, 0.1) is 7.11 Å². The molecule has 2 atom stereocenters. The molecule has 1 unspecified atom stereocenters. The highest BCUT2D eigenvalue weighted by Gasteiger charge is 2.48. The van der Waals surface area contributed by atoms with Crippen LogP contribution in [0.1, 0.15) is 43.0 Å². The summed E-state index contributed by atoms with van der Waals surface area (Å²) in [6.07, 6.45) is 0.311. The summed E-state index contributed by atoms with van der Waals surface area (Å²) in [5.41, 5.74) is 0.489. The smallest absolute Gasteiger partial charge is 0.252 e. The lowest BCUT2D eigenvalue weighted by Crippen LogP contribution is -2.56. The van der Waals surface area contributed by atoms with E-state index < -0.39 is 54.6 Å². The first-order valence-corrected chi connectivity index (χ1v) is 13.4.